The third-order valence-corrected chi connectivity index (χ3v) is 14.4. The molecule has 5 nitrogen and oxygen atoms in total. The average Bonchev–Trinajstić information content (AvgIpc) is 4.05. The Morgan fingerprint density at radius 2 is 1.04 bits per heavy atom. The number of hydrogen-bond acceptors (Lipinski definition) is 4. The molecule has 1 aliphatic rings. The molecule has 81 heavy (non-hydrogen) atoms. The summed E-state index contributed by atoms with van der Waals surface area (Å²) in [6.07, 6.45) is 1.77. The largest absolute Gasteiger partial charge is 0.509 e. The van der Waals surface area contributed by atoms with Crippen molar-refractivity contribution in [3.63, 3.8) is 0 Å². The van der Waals surface area contributed by atoms with Crippen LogP contribution < -0.4 is 14.5 Å². The predicted molar refractivity (Wildman–Crippen MR) is 292 cm³/mol. The van der Waals surface area contributed by atoms with Crippen LogP contribution in [0.4, 0.5) is 66.7 Å². The van der Waals surface area contributed by atoms with Crippen molar-refractivity contribution in [3.05, 3.63) is 221 Å². The van der Waals surface area contributed by atoms with E-state index >= 15 is 35.1 Å². The Hall–Kier alpha value is -7.90. The van der Waals surface area contributed by atoms with Crippen LogP contribution in [0, 0.1) is 77.0 Å². The van der Waals surface area contributed by atoms with Gasteiger partial charge < -0.3 is 19.1 Å². The third kappa shape index (κ3) is 9.60. The Morgan fingerprint density at radius 1 is 0.506 bits per heavy atom. The van der Waals surface area contributed by atoms with Gasteiger partial charge in [-0.1, -0.05) is 116 Å². The molecule has 2 aromatic heterocycles. The Balaban J connectivity index is 0.00000736. The van der Waals surface area contributed by atoms with Crippen LogP contribution in [0.25, 0.3) is 61.0 Å². The zero-order chi connectivity index (χ0) is 57.0. The van der Waals surface area contributed by atoms with Gasteiger partial charge in [-0.05, 0) is 86.9 Å². The number of hydrogen-bond donors (Lipinski definition) is 0. The summed E-state index contributed by atoms with van der Waals surface area (Å²) in [4.78, 5) is 7.46. The molecule has 0 radical (unpaired) electrons. The number of anilines is 4. The van der Waals surface area contributed by atoms with Gasteiger partial charge in [0, 0.05) is 72.5 Å². The molecule has 0 amide bonds. The Bertz CT molecular complexity index is 4030. The summed E-state index contributed by atoms with van der Waals surface area (Å²) in [7, 11) is 0. The van der Waals surface area contributed by atoms with Gasteiger partial charge in [0.25, 0.3) is 0 Å². The minimum absolute atomic E-state index is 0. The zero-order valence-electron chi connectivity index (χ0n) is 44.6. The molecule has 10 aromatic rings. The molecule has 0 atom stereocenters. The van der Waals surface area contributed by atoms with Crippen LogP contribution in [-0.2, 0) is 31.9 Å². The van der Waals surface area contributed by atoms with Gasteiger partial charge in [-0.15, -0.1) is 53.6 Å². The number of ether oxygens (including phenoxy) is 1. The van der Waals surface area contributed by atoms with Crippen LogP contribution in [-0.4, -0.2) is 9.55 Å². The van der Waals surface area contributed by atoms with E-state index in [-0.39, 0.29) is 66.5 Å². The van der Waals surface area contributed by atoms with E-state index in [1.54, 1.807) is 57.3 Å². The van der Waals surface area contributed by atoms with Crippen molar-refractivity contribution in [1.82, 2.24) is 9.55 Å². The molecule has 3 heterocycles. The summed E-state index contributed by atoms with van der Waals surface area (Å²) < 4.78 is 166. The zero-order valence-corrected chi connectivity index (χ0v) is 46.8. The van der Waals surface area contributed by atoms with Crippen LogP contribution in [0.15, 0.2) is 128 Å². The average molecular weight is 1290 g/mol. The maximum absolute atomic E-state index is 16.4. The smallest absolute Gasteiger partial charge is 0.200 e. The van der Waals surface area contributed by atoms with Gasteiger partial charge in [-0.25, -0.2) is 48.9 Å². The molecule has 0 unspecified atom stereocenters. The van der Waals surface area contributed by atoms with Gasteiger partial charge >= 0.3 is 0 Å². The van der Waals surface area contributed by atoms with E-state index < -0.39 is 91.5 Å². The number of fused-ring (bicyclic) bond motifs is 4. The van der Waals surface area contributed by atoms with E-state index in [1.165, 1.54) is 23.7 Å². The molecule has 0 saturated carbocycles. The normalized spacial score (nSPS) is 12.7. The summed E-state index contributed by atoms with van der Waals surface area (Å²) >= 11 is 0. The summed E-state index contributed by atoms with van der Waals surface area (Å²) in [5.41, 5.74) is -1.33. The van der Waals surface area contributed by atoms with Gasteiger partial charge in [-0.2, -0.15) is 6.07 Å². The first-order valence-electron chi connectivity index (χ1n) is 25.5. The maximum atomic E-state index is 16.4. The SMILES string of the molecule is CC(C)c1ccccc1-c1cc(Oc2[c-]c3c(cc2)c2ccccc2n3-c2cc(C(C)(C)C)ccn2)[c-]c(N2[CH-]N(c3c(-c4c(F)c(F)c(F)c(F)c4F)cc(C(C)(C)C)cc3-c3c(F)c(F)c(F)c(F)c3F)c3ccccc32)c1.[Pt]. The summed E-state index contributed by atoms with van der Waals surface area (Å²) in [6, 6.07) is 42.0. The second-order valence-electron chi connectivity index (χ2n) is 22.0. The molecule has 0 N–H and O–H groups in total. The number of benzene rings is 8. The van der Waals surface area contributed by atoms with Crippen molar-refractivity contribution < 1.29 is 69.7 Å². The van der Waals surface area contributed by atoms with E-state index in [0.29, 0.717) is 16.9 Å². The first-order chi connectivity index (χ1) is 37.9. The topological polar surface area (TPSA) is 33.5 Å². The van der Waals surface area contributed by atoms with Crippen LogP contribution in [0.3, 0.4) is 0 Å². The minimum atomic E-state index is -2.49. The minimum Gasteiger partial charge on any atom is -0.509 e. The fourth-order valence-corrected chi connectivity index (χ4v) is 10.3. The molecule has 416 valence electrons. The maximum Gasteiger partial charge on any atom is 0.200 e. The van der Waals surface area contributed by atoms with Gasteiger partial charge in [-0.3, -0.25) is 0 Å². The number of rotatable bonds is 9. The fourth-order valence-electron chi connectivity index (χ4n) is 10.3. The molecular weight excluding hydrogens is 1240 g/mol. The van der Waals surface area contributed by atoms with Gasteiger partial charge in [0.1, 0.15) is 5.82 Å². The monoisotopic (exact) mass is 1280 g/mol. The van der Waals surface area contributed by atoms with Gasteiger partial charge in [0.15, 0.2) is 46.5 Å². The number of pyridine rings is 1. The number of nitrogens with zero attached hydrogens (tertiary/aromatic N) is 4. The van der Waals surface area contributed by atoms with E-state index in [1.807, 2.05) is 85.1 Å². The first kappa shape index (κ1) is 56.4. The van der Waals surface area contributed by atoms with E-state index in [2.05, 4.69) is 32.9 Å². The number of para-hydroxylation sites is 3. The molecule has 8 aromatic carbocycles. The quantitative estimate of drug-likeness (QED) is 0.0624. The summed E-state index contributed by atoms with van der Waals surface area (Å²) in [5.74, 6) is -22.5. The van der Waals surface area contributed by atoms with Gasteiger partial charge in [0.05, 0.1) is 11.1 Å². The van der Waals surface area contributed by atoms with Crippen molar-refractivity contribution in [3.8, 4) is 50.7 Å². The molecule has 0 saturated heterocycles. The standard InChI is InChI=1S/C65H47F10N4O.Pt/c1-33(2)40-15-9-10-16-41(40)34-25-37(30-39(26-34)80-38-21-22-43-42-17-11-12-18-46(42)79(49(43)31-38)50-29-35(23-24-76-50)64(3,4)5)77-32-78(48-20-14-13-19-47(48)77)63-44(51-53(66)57(70)61(74)58(71)54(51)67)27-36(65(6,7)8)28-45(63)52-55(68)59(72)62(75)60(73)56(52)69;/h9-29,32-33H,1-8H3;/q-3;. The van der Waals surface area contributed by atoms with Crippen LogP contribution >= 0.6 is 0 Å². The fraction of sp³-hybridized carbons (Fsp3) is 0.169. The molecule has 16 heteroatoms. The Kier molecular flexibility index (Phi) is 14.5. The second kappa shape index (κ2) is 20.9. The van der Waals surface area contributed by atoms with E-state index in [9.17, 15) is 8.78 Å². The van der Waals surface area contributed by atoms with Gasteiger partial charge in [0.2, 0.25) is 11.6 Å². The molecule has 0 bridgehead atoms. The van der Waals surface area contributed by atoms with Crippen LogP contribution in [0.5, 0.6) is 11.5 Å². The Morgan fingerprint density at radius 3 is 1.62 bits per heavy atom. The van der Waals surface area contributed by atoms with Crippen molar-refractivity contribution in [1.29, 1.82) is 0 Å². The van der Waals surface area contributed by atoms with Crippen LogP contribution in [0.1, 0.15) is 78.0 Å². The van der Waals surface area contributed by atoms with Crippen molar-refractivity contribution in [2.45, 2.75) is 72.1 Å². The second-order valence-corrected chi connectivity index (χ2v) is 22.0. The van der Waals surface area contributed by atoms with E-state index in [4.69, 9.17) is 9.72 Å². The van der Waals surface area contributed by atoms with E-state index in [0.717, 1.165) is 50.0 Å². The first-order valence-corrected chi connectivity index (χ1v) is 25.5. The molecule has 1 aliphatic heterocycles. The molecular formula is C65H47F10N4OPt-3. The number of aromatic nitrogens is 2. The molecule has 0 spiro atoms. The predicted octanol–water partition coefficient (Wildman–Crippen LogP) is 19.1. The molecule has 11 rings (SSSR count). The number of halogens is 10. The third-order valence-electron chi connectivity index (χ3n) is 14.4. The van der Waals surface area contributed by atoms with Crippen molar-refractivity contribution in [2.75, 3.05) is 9.80 Å². The summed E-state index contributed by atoms with van der Waals surface area (Å²) in [5, 5.41) is 1.82. The summed E-state index contributed by atoms with van der Waals surface area (Å²) in [6.45, 7) is 16.4. The van der Waals surface area contributed by atoms with Crippen molar-refractivity contribution >= 4 is 44.6 Å². The molecule has 0 fully saturated rings. The van der Waals surface area contributed by atoms with Crippen molar-refractivity contribution in [2.24, 2.45) is 0 Å². The van der Waals surface area contributed by atoms with Crippen LogP contribution in [0.2, 0.25) is 0 Å². The molecule has 0 aliphatic carbocycles. The Labute approximate surface area is 475 Å².